The van der Waals surface area contributed by atoms with E-state index in [2.05, 4.69) is 23.8 Å². The van der Waals surface area contributed by atoms with E-state index in [0.717, 1.165) is 18.5 Å². The van der Waals surface area contributed by atoms with Crippen molar-refractivity contribution in [3.63, 3.8) is 0 Å². The lowest BCUT2D eigenvalue weighted by Gasteiger charge is -2.23. The number of nitrogens with zero attached hydrogens (tertiary/aromatic N) is 4. The molecule has 124 valence electrons. The van der Waals surface area contributed by atoms with Gasteiger partial charge < -0.3 is 13.9 Å². The Labute approximate surface area is 136 Å². The lowest BCUT2D eigenvalue weighted by atomic mass is 10.1. The molecule has 1 atom stereocenters. The van der Waals surface area contributed by atoms with Gasteiger partial charge in [-0.05, 0) is 32.6 Å². The first-order valence-electron chi connectivity index (χ1n) is 8.28. The predicted molar refractivity (Wildman–Crippen MR) is 86.2 cm³/mol. The van der Waals surface area contributed by atoms with Gasteiger partial charge in [-0.15, -0.1) is 0 Å². The summed E-state index contributed by atoms with van der Waals surface area (Å²) >= 11 is 0. The zero-order valence-electron chi connectivity index (χ0n) is 14.2. The van der Waals surface area contributed by atoms with Crippen LogP contribution in [0, 0.1) is 0 Å². The van der Waals surface area contributed by atoms with Crippen LogP contribution in [-0.4, -0.2) is 31.9 Å². The van der Waals surface area contributed by atoms with Gasteiger partial charge in [-0.25, -0.2) is 9.97 Å². The molecule has 1 amide bonds. The molecule has 1 aliphatic rings. The van der Waals surface area contributed by atoms with E-state index in [1.807, 2.05) is 29.5 Å². The summed E-state index contributed by atoms with van der Waals surface area (Å²) in [5.41, 5.74) is 0.933. The Kier molecular flexibility index (Phi) is 4.24. The minimum atomic E-state index is -0.0905. The van der Waals surface area contributed by atoms with Crippen molar-refractivity contribution < 1.29 is 9.21 Å². The summed E-state index contributed by atoms with van der Waals surface area (Å²) in [5, 5.41) is 0. The largest absolute Gasteiger partial charge is 0.446 e. The van der Waals surface area contributed by atoms with Crippen molar-refractivity contribution in [2.45, 2.75) is 58.5 Å². The summed E-state index contributed by atoms with van der Waals surface area (Å²) in [5.74, 6) is 1.40. The van der Waals surface area contributed by atoms with Crippen LogP contribution in [0.5, 0.6) is 0 Å². The fourth-order valence-corrected chi connectivity index (χ4v) is 3.01. The molecule has 2 aromatic rings. The molecule has 6 heteroatoms. The minimum absolute atomic E-state index is 0.0458. The maximum Gasteiger partial charge on any atom is 0.290 e. The molecule has 1 saturated heterocycles. The fourth-order valence-electron chi connectivity index (χ4n) is 3.01. The summed E-state index contributed by atoms with van der Waals surface area (Å²) in [7, 11) is 0. The monoisotopic (exact) mass is 316 g/mol. The molecule has 3 heterocycles. The van der Waals surface area contributed by atoms with Gasteiger partial charge in [-0.3, -0.25) is 4.79 Å². The first kappa shape index (κ1) is 15.8. The number of hydrogen-bond acceptors (Lipinski definition) is 4. The van der Waals surface area contributed by atoms with Crippen LogP contribution in [0.2, 0.25) is 0 Å². The van der Waals surface area contributed by atoms with E-state index >= 15 is 0 Å². The van der Waals surface area contributed by atoms with Crippen LogP contribution in [-0.2, 0) is 0 Å². The van der Waals surface area contributed by atoms with Gasteiger partial charge in [0.1, 0.15) is 12.3 Å². The highest BCUT2D eigenvalue weighted by Gasteiger charge is 2.35. The van der Waals surface area contributed by atoms with Gasteiger partial charge in [0.2, 0.25) is 5.89 Å². The Morgan fingerprint density at radius 1 is 1.35 bits per heavy atom. The molecule has 23 heavy (non-hydrogen) atoms. The van der Waals surface area contributed by atoms with Crippen LogP contribution in [0.1, 0.15) is 80.7 Å². The first-order valence-corrected chi connectivity index (χ1v) is 8.28. The zero-order valence-corrected chi connectivity index (χ0v) is 14.2. The van der Waals surface area contributed by atoms with Crippen LogP contribution < -0.4 is 0 Å². The maximum atomic E-state index is 12.9. The molecular formula is C17H24N4O2. The Balaban J connectivity index is 1.86. The van der Waals surface area contributed by atoms with Gasteiger partial charge in [-0.1, -0.05) is 13.8 Å². The first-order chi connectivity index (χ1) is 11.0. The highest BCUT2D eigenvalue weighted by atomic mass is 16.3. The normalized spacial score (nSPS) is 18.3. The maximum absolute atomic E-state index is 12.9. The molecule has 0 aromatic carbocycles. The van der Waals surface area contributed by atoms with E-state index in [4.69, 9.17) is 4.42 Å². The van der Waals surface area contributed by atoms with Gasteiger partial charge in [0.25, 0.3) is 5.91 Å². The summed E-state index contributed by atoms with van der Waals surface area (Å²) in [4.78, 5) is 23.6. The molecule has 0 radical (unpaired) electrons. The van der Waals surface area contributed by atoms with E-state index in [9.17, 15) is 4.79 Å². The van der Waals surface area contributed by atoms with Crippen molar-refractivity contribution >= 4 is 5.91 Å². The molecule has 1 fully saturated rings. The Bertz CT molecular complexity index is 686. The number of amides is 1. The second kappa shape index (κ2) is 6.18. The van der Waals surface area contributed by atoms with E-state index in [1.165, 1.54) is 0 Å². The molecule has 0 saturated carbocycles. The highest BCUT2D eigenvalue weighted by molar-refractivity contribution is 5.91. The third-order valence-corrected chi connectivity index (χ3v) is 4.35. The number of carbonyl (C=O) groups excluding carboxylic acids is 1. The Morgan fingerprint density at radius 2 is 2.13 bits per heavy atom. The molecule has 0 N–H and O–H groups in total. The number of carbonyl (C=O) groups is 1. The molecule has 6 nitrogen and oxygen atoms in total. The van der Waals surface area contributed by atoms with Crippen molar-refractivity contribution in [3.8, 4) is 0 Å². The van der Waals surface area contributed by atoms with E-state index < -0.39 is 0 Å². The summed E-state index contributed by atoms with van der Waals surface area (Å²) in [6.07, 6.45) is 7.08. The van der Waals surface area contributed by atoms with Crippen LogP contribution in [0.3, 0.4) is 0 Å². The quantitative estimate of drug-likeness (QED) is 0.865. The lowest BCUT2D eigenvalue weighted by molar-refractivity contribution is 0.0696. The summed E-state index contributed by atoms with van der Waals surface area (Å²) in [6.45, 7) is 8.97. The SMILES string of the molecule is CC(C)c1coc([C@@H]2CCCN2C(=O)c2nccn2C(C)C)n1. The fraction of sp³-hybridized carbons (Fsp3) is 0.588. The molecule has 0 unspecified atom stereocenters. The van der Waals surface area contributed by atoms with Crippen molar-refractivity contribution in [2.75, 3.05) is 6.54 Å². The van der Waals surface area contributed by atoms with Crippen LogP contribution in [0.15, 0.2) is 23.1 Å². The van der Waals surface area contributed by atoms with Crippen LogP contribution in [0.25, 0.3) is 0 Å². The third-order valence-electron chi connectivity index (χ3n) is 4.35. The van der Waals surface area contributed by atoms with Gasteiger partial charge >= 0.3 is 0 Å². The smallest absolute Gasteiger partial charge is 0.290 e. The molecular weight excluding hydrogens is 292 g/mol. The topological polar surface area (TPSA) is 64.2 Å². The molecule has 2 aromatic heterocycles. The van der Waals surface area contributed by atoms with Gasteiger partial charge in [0.15, 0.2) is 5.82 Å². The molecule has 3 rings (SSSR count). The van der Waals surface area contributed by atoms with Crippen molar-refractivity contribution in [2.24, 2.45) is 0 Å². The Hall–Kier alpha value is -2.11. The van der Waals surface area contributed by atoms with Crippen LogP contribution in [0.4, 0.5) is 0 Å². The van der Waals surface area contributed by atoms with Gasteiger partial charge in [0, 0.05) is 25.0 Å². The molecule has 0 bridgehead atoms. The second-order valence-electron chi connectivity index (χ2n) is 6.67. The van der Waals surface area contributed by atoms with Crippen molar-refractivity contribution in [3.05, 3.63) is 36.1 Å². The number of likely N-dealkylation sites (tertiary alicyclic amines) is 1. The zero-order chi connectivity index (χ0) is 16.6. The van der Waals surface area contributed by atoms with E-state index in [1.54, 1.807) is 12.5 Å². The van der Waals surface area contributed by atoms with E-state index in [-0.39, 0.29) is 18.0 Å². The molecule has 1 aliphatic heterocycles. The number of imidazole rings is 1. The summed E-state index contributed by atoms with van der Waals surface area (Å²) < 4.78 is 7.56. The third kappa shape index (κ3) is 2.90. The molecule has 0 aliphatic carbocycles. The average Bonchev–Trinajstić information content (AvgIpc) is 3.24. The van der Waals surface area contributed by atoms with Gasteiger partial charge in [0.05, 0.1) is 5.69 Å². The van der Waals surface area contributed by atoms with Crippen molar-refractivity contribution in [1.29, 1.82) is 0 Å². The minimum Gasteiger partial charge on any atom is -0.446 e. The number of hydrogen-bond donors (Lipinski definition) is 0. The molecule has 0 spiro atoms. The summed E-state index contributed by atoms with van der Waals surface area (Å²) in [6, 6.07) is 0.110. The average molecular weight is 316 g/mol. The second-order valence-corrected chi connectivity index (χ2v) is 6.67. The highest BCUT2D eigenvalue weighted by Crippen LogP contribution is 2.33. The standard InChI is InChI=1S/C17H24N4O2/c1-11(2)13-10-23-16(19-13)14-6-5-8-21(14)17(22)15-18-7-9-20(15)12(3)4/h7,9-12,14H,5-6,8H2,1-4H3/t14-/m0/s1. The number of rotatable bonds is 4. The lowest BCUT2D eigenvalue weighted by Crippen LogP contribution is -2.33. The number of oxazole rings is 1. The van der Waals surface area contributed by atoms with Gasteiger partial charge in [-0.2, -0.15) is 0 Å². The number of aromatic nitrogens is 3. The van der Waals surface area contributed by atoms with Crippen LogP contribution >= 0.6 is 0 Å². The predicted octanol–water partition coefficient (Wildman–Crippen LogP) is 3.55. The Morgan fingerprint density at radius 3 is 2.78 bits per heavy atom. The van der Waals surface area contributed by atoms with E-state index in [0.29, 0.717) is 24.2 Å². The van der Waals surface area contributed by atoms with Crippen molar-refractivity contribution in [1.82, 2.24) is 19.4 Å².